The molecule has 3 rings (SSSR count). The zero-order valence-electron chi connectivity index (χ0n) is 17.9. The first-order valence-corrected chi connectivity index (χ1v) is 10.2. The number of hydrogen-bond acceptors (Lipinski definition) is 4. The third-order valence-corrected chi connectivity index (χ3v) is 5.76. The van der Waals surface area contributed by atoms with Crippen molar-refractivity contribution in [1.29, 1.82) is 0 Å². The van der Waals surface area contributed by atoms with Gasteiger partial charge in [0.05, 0.1) is 20.3 Å². The molecule has 5 nitrogen and oxygen atoms in total. The lowest BCUT2D eigenvalue weighted by molar-refractivity contribution is -0.125. The van der Waals surface area contributed by atoms with Gasteiger partial charge in [-0.1, -0.05) is 50.2 Å². The number of ether oxygens (including phenoxy) is 2. The SMILES string of the molecule is COc1ccc(C(C)(C)CNC(=O)C2CCCN2Cc2ccccc2)cc1OC. The Morgan fingerprint density at radius 3 is 2.52 bits per heavy atom. The minimum Gasteiger partial charge on any atom is -0.493 e. The molecule has 1 aliphatic heterocycles. The molecule has 1 amide bonds. The monoisotopic (exact) mass is 396 g/mol. The molecule has 2 aromatic rings. The van der Waals surface area contributed by atoms with Crippen molar-refractivity contribution in [2.45, 2.75) is 44.7 Å². The summed E-state index contributed by atoms with van der Waals surface area (Å²) in [6.45, 7) is 6.61. The van der Waals surface area contributed by atoms with Gasteiger partial charge in [0, 0.05) is 18.5 Å². The van der Waals surface area contributed by atoms with Crippen LogP contribution in [-0.2, 0) is 16.8 Å². The van der Waals surface area contributed by atoms with Gasteiger partial charge in [0.15, 0.2) is 11.5 Å². The minimum atomic E-state index is -0.224. The molecule has 2 aromatic carbocycles. The molecule has 156 valence electrons. The van der Waals surface area contributed by atoms with E-state index >= 15 is 0 Å². The smallest absolute Gasteiger partial charge is 0.237 e. The molecular weight excluding hydrogens is 364 g/mol. The summed E-state index contributed by atoms with van der Waals surface area (Å²) in [7, 11) is 3.27. The van der Waals surface area contributed by atoms with Gasteiger partial charge >= 0.3 is 0 Å². The predicted molar refractivity (Wildman–Crippen MR) is 115 cm³/mol. The number of amides is 1. The second-order valence-corrected chi connectivity index (χ2v) is 8.29. The van der Waals surface area contributed by atoms with Crippen LogP contribution in [0.25, 0.3) is 0 Å². The van der Waals surface area contributed by atoms with Crippen molar-refractivity contribution in [2.24, 2.45) is 0 Å². The largest absolute Gasteiger partial charge is 0.493 e. The van der Waals surface area contributed by atoms with E-state index in [0.717, 1.165) is 31.5 Å². The first-order valence-electron chi connectivity index (χ1n) is 10.2. The highest BCUT2D eigenvalue weighted by atomic mass is 16.5. The summed E-state index contributed by atoms with van der Waals surface area (Å²) in [5.41, 5.74) is 2.12. The molecule has 1 heterocycles. The fourth-order valence-electron chi connectivity index (χ4n) is 3.92. The highest BCUT2D eigenvalue weighted by Crippen LogP contribution is 2.33. The van der Waals surface area contributed by atoms with Gasteiger partial charge in [-0.2, -0.15) is 0 Å². The van der Waals surface area contributed by atoms with Gasteiger partial charge in [-0.05, 0) is 42.6 Å². The van der Waals surface area contributed by atoms with Gasteiger partial charge in [0.25, 0.3) is 0 Å². The first kappa shape index (κ1) is 21.2. The summed E-state index contributed by atoms with van der Waals surface area (Å²) in [4.78, 5) is 15.2. The summed E-state index contributed by atoms with van der Waals surface area (Å²) in [6.07, 6.45) is 1.97. The number of hydrogen-bond donors (Lipinski definition) is 1. The lowest BCUT2D eigenvalue weighted by atomic mass is 9.84. The third kappa shape index (κ3) is 5.10. The van der Waals surface area contributed by atoms with Crippen LogP contribution in [0.1, 0.15) is 37.8 Å². The number of nitrogens with zero attached hydrogens (tertiary/aromatic N) is 1. The summed E-state index contributed by atoms with van der Waals surface area (Å²) >= 11 is 0. The molecule has 1 saturated heterocycles. The van der Waals surface area contributed by atoms with E-state index in [1.807, 2.05) is 36.4 Å². The number of likely N-dealkylation sites (tertiary alicyclic amines) is 1. The number of benzene rings is 2. The number of rotatable bonds is 8. The van der Waals surface area contributed by atoms with E-state index < -0.39 is 0 Å². The normalized spacial score (nSPS) is 17.2. The summed E-state index contributed by atoms with van der Waals surface area (Å²) < 4.78 is 10.8. The van der Waals surface area contributed by atoms with E-state index in [0.29, 0.717) is 18.0 Å². The predicted octanol–water partition coefficient (Wildman–Crippen LogP) is 3.76. The van der Waals surface area contributed by atoms with Crippen LogP contribution in [0, 0.1) is 0 Å². The number of methoxy groups -OCH3 is 2. The van der Waals surface area contributed by atoms with Crippen LogP contribution in [0.5, 0.6) is 11.5 Å². The van der Waals surface area contributed by atoms with E-state index in [1.54, 1.807) is 14.2 Å². The maximum absolute atomic E-state index is 13.0. The van der Waals surface area contributed by atoms with Crippen molar-refractivity contribution in [3.05, 3.63) is 59.7 Å². The van der Waals surface area contributed by atoms with Gasteiger partial charge in [-0.15, -0.1) is 0 Å². The lowest BCUT2D eigenvalue weighted by Crippen LogP contribution is -2.46. The topological polar surface area (TPSA) is 50.8 Å². The van der Waals surface area contributed by atoms with Crippen LogP contribution < -0.4 is 14.8 Å². The van der Waals surface area contributed by atoms with Crippen molar-refractivity contribution in [1.82, 2.24) is 10.2 Å². The Bertz CT molecular complexity index is 820. The Labute approximate surface area is 174 Å². The molecule has 1 N–H and O–H groups in total. The molecule has 5 heteroatoms. The van der Waals surface area contributed by atoms with Gasteiger partial charge in [0.2, 0.25) is 5.91 Å². The Kier molecular flexibility index (Phi) is 6.80. The molecule has 0 aromatic heterocycles. The van der Waals surface area contributed by atoms with Crippen LogP contribution in [0.4, 0.5) is 0 Å². The van der Waals surface area contributed by atoms with Crippen molar-refractivity contribution in [3.63, 3.8) is 0 Å². The minimum absolute atomic E-state index is 0.0589. The highest BCUT2D eigenvalue weighted by molar-refractivity contribution is 5.82. The number of carbonyl (C=O) groups is 1. The molecule has 0 radical (unpaired) electrons. The molecule has 0 spiro atoms. The molecular formula is C24H32N2O3. The van der Waals surface area contributed by atoms with E-state index in [9.17, 15) is 4.79 Å². The Balaban J connectivity index is 1.63. The fourth-order valence-corrected chi connectivity index (χ4v) is 3.92. The lowest BCUT2D eigenvalue weighted by Gasteiger charge is -2.29. The van der Waals surface area contributed by atoms with Crippen LogP contribution in [-0.4, -0.2) is 44.2 Å². The summed E-state index contributed by atoms with van der Waals surface area (Å²) in [6, 6.07) is 16.2. The van der Waals surface area contributed by atoms with Crippen molar-refractivity contribution in [2.75, 3.05) is 27.3 Å². The molecule has 29 heavy (non-hydrogen) atoms. The zero-order valence-corrected chi connectivity index (χ0v) is 17.9. The van der Waals surface area contributed by atoms with E-state index in [4.69, 9.17) is 9.47 Å². The van der Waals surface area contributed by atoms with Crippen LogP contribution in [0.3, 0.4) is 0 Å². The average molecular weight is 397 g/mol. The van der Waals surface area contributed by atoms with Crippen LogP contribution in [0.15, 0.2) is 48.5 Å². The molecule has 1 aliphatic rings. The van der Waals surface area contributed by atoms with Crippen LogP contribution >= 0.6 is 0 Å². The summed E-state index contributed by atoms with van der Waals surface area (Å²) in [5, 5.41) is 3.19. The molecule has 0 saturated carbocycles. The van der Waals surface area contributed by atoms with Gasteiger partial charge < -0.3 is 14.8 Å². The Morgan fingerprint density at radius 2 is 1.83 bits per heavy atom. The third-order valence-electron chi connectivity index (χ3n) is 5.76. The maximum atomic E-state index is 13.0. The molecule has 0 bridgehead atoms. The molecule has 1 atom stereocenters. The van der Waals surface area contributed by atoms with E-state index in [1.165, 1.54) is 5.56 Å². The zero-order chi connectivity index (χ0) is 20.9. The standard InChI is InChI=1S/C24H32N2O3/c1-24(2,19-12-13-21(28-3)22(15-19)29-4)17-25-23(27)20-11-8-14-26(20)16-18-9-6-5-7-10-18/h5-7,9-10,12-13,15,20H,8,11,14,16-17H2,1-4H3,(H,25,27). The summed E-state index contributed by atoms with van der Waals surface area (Å²) in [5.74, 6) is 1.53. The van der Waals surface area contributed by atoms with Gasteiger partial charge in [0.1, 0.15) is 0 Å². The van der Waals surface area contributed by atoms with E-state index in [2.05, 4.69) is 36.2 Å². The Hall–Kier alpha value is -2.53. The molecule has 1 unspecified atom stereocenters. The Morgan fingerprint density at radius 1 is 1.10 bits per heavy atom. The fraction of sp³-hybridized carbons (Fsp3) is 0.458. The van der Waals surface area contributed by atoms with Crippen LogP contribution in [0.2, 0.25) is 0 Å². The molecule has 0 aliphatic carbocycles. The van der Waals surface area contributed by atoms with Crippen molar-refractivity contribution >= 4 is 5.91 Å². The van der Waals surface area contributed by atoms with Gasteiger partial charge in [-0.3, -0.25) is 9.69 Å². The molecule has 1 fully saturated rings. The van der Waals surface area contributed by atoms with Crippen molar-refractivity contribution in [3.8, 4) is 11.5 Å². The quantitative estimate of drug-likeness (QED) is 0.738. The van der Waals surface area contributed by atoms with Crippen molar-refractivity contribution < 1.29 is 14.3 Å². The van der Waals surface area contributed by atoms with E-state index in [-0.39, 0.29) is 17.4 Å². The average Bonchev–Trinajstić information content (AvgIpc) is 3.20. The second kappa shape index (κ2) is 9.31. The maximum Gasteiger partial charge on any atom is 0.237 e. The van der Waals surface area contributed by atoms with Gasteiger partial charge in [-0.25, -0.2) is 0 Å². The number of carbonyl (C=O) groups excluding carboxylic acids is 1. The second-order valence-electron chi connectivity index (χ2n) is 8.29. The highest BCUT2D eigenvalue weighted by Gasteiger charge is 2.32. The first-order chi connectivity index (χ1) is 13.9. The number of nitrogens with one attached hydrogen (secondary N) is 1.